The summed E-state index contributed by atoms with van der Waals surface area (Å²) < 4.78 is 0. The summed E-state index contributed by atoms with van der Waals surface area (Å²) in [5.41, 5.74) is 6.84. The molecule has 7 heteroatoms. The van der Waals surface area contributed by atoms with E-state index in [1.807, 2.05) is 6.07 Å². The van der Waals surface area contributed by atoms with Crippen LogP contribution in [-0.2, 0) is 6.42 Å². The number of nitro groups is 1. The van der Waals surface area contributed by atoms with Gasteiger partial charge in [0.05, 0.1) is 4.92 Å². The zero-order valence-electron chi connectivity index (χ0n) is 13.1. The molecule has 0 aromatic heterocycles. The van der Waals surface area contributed by atoms with E-state index in [2.05, 4.69) is 5.32 Å². The Morgan fingerprint density at radius 1 is 1.21 bits per heavy atom. The van der Waals surface area contributed by atoms with Crippen LogP contribution in [0, 0.1) is 17.0 Å². The molecule has 0 unspecified atom stereocenters. The van der Waals surface area contributed by atoms with Crippen LogP contribution in [-0.4, -0.2) is 23.3 Å². The van der Waals surface area contributed by atoms with E-state index in [1.54, 1.807) is 37.3 Å². The Morgan fingerprint density at radius 3 is 2.58 bits per heavy atom. The predicted molar refractivity (Wildman–Crippen MR) is 88.8 cm³/mol. The zero-order valence-corrected chi connectivity index (χ0v) is 13.1. The molecule has 3 N–H and O–H groups in total. The second-order valence-corrected chi connectivity index (χ2v) is 5.30. The second-order valence-electron chi connectivity index (χ2n) is 5.30. The number of nitro benzene ring substituents is 1. The lowest BCUT2D eigenvalue weighted by Gasteiger charge is -2.08. The average molecular weight is 327 g/mol. The molecule has 24 heavy (non-hydrogen) atoms. The first-order valence-electron chi connectivity index (χ1n) is 7.31. The molecule has 2 aromatic rings. The quantitative estimate of drug-likeness (QED) is 0.623. The molecular formula is C17H17N3O4. The van der Waals surface area contributed by atoms with Crippen molar-refractivity contribution in [3.05, 3.63) is 74.8 Å². The van der Waals surface area contributed by atoms with E-state index in [9.17, 15) is 19.7 Å². The highest BCUT2D eigenvalue weighted by Crippen LogP contribution is 2.21. The molecule has 7 nitrogen and oxygen atoms in total. The van der Waals surface area contributed by atoms with Crippen LogP contribution in [0.25, 0.3) is 0 Å². The van der Waals surface area contributed by atoms with Gasteiger partial charge in [0.25, 0.3) is 11.6 Å². The maximum atomic E-state index is 12.3. The zero-order chi connectivity index (χ0) is 17.7. The number of hydrogen-bond acceptors (Lipinski definition) is 4. The normalized spacial score (nSPS) is 10.2. The van der Waals surface area contributed by atoms with E-state index in [0.717, 1.165) is 5.56 Å². The van der Waals surface area contributed by atoms with Crippen LogP contribution in [0.5, 0.6) is 0 Å². The van der Waals surface area contributed by atoms with Crippen LogP contribution in [0.3, 0.4) is 0 Å². The molecule has 2 aromatic carbocycles. The predicted octanol–water partition coefficient (Wildman–Crippen LogP) is 1.97. The van der Waals surface area contributed by atoms with Crippen LogP contribution in [0.4, 0.5) is 5.69 Å². The first kappa shape index (κ1) is 17.1. The van der Waals surface area contributed by atoms with Gasteiger partial charge >= 0.3 is 0 Å². The highest BCUT2D eigenvalue weighted by atomic mass is 16.6. The number of amides is 2. The van der Waals surface area contributed by atoms with Crippen molar-refractivity contribution < 1.29 is 14.5 Å². The van der Waals surface area contributed by atoms with Crippen LogP contribution in [0.1, 0.15) is 31.8 Å². The van der Waals surface area contributed by atoms with Gasteiger partial charge in [0.1, 0.15) is 5.56 Å². The summed E-state index contributed by atoms with van der Waals surface area (Å²) in [5.74, 6) is -1.01. The molecular weight excluding hydrogens is 310 g/mol. The number of carbonyl (C=O) groups excluding carboxylic acids is 2. The van der Waals surface area contributed by atoms with E-state index >= 15 is 0 Å². The topological polar surface area (TPSA) is 115 Å². The number of hydrogen-bond donors (Lipinski definition) is 2. The van der Waals surface area contributed by atoms with Gasteiger partial charge in [-0.15, -0.1) is 0 Å². The van der Waals surface area contributed by atoms with E-state index in [4.69, 9.17) is 5.73 Å². The van der Waals surface area contributed by atoms with Crippen molar-refractivity contribution in [3.8, 4) is 0 Å². The molecule has 0 saturated carbocycles. The average Bonchev–Trinajstić information content (AvgIpc) is 2.54. The third-order valence-corrected chi connectivity index (χ3v) is 3.59. The smallest absolute Gasteiger partial charge is 0.282 e. The summed E-state index contributed by atoms with van der Waals surface area (Å²) in [4.78, 5) is 33.9. The monoisotopic (exact) mass is 327 g/mol. The number of benzene rings is 2. The molecule has 0 atom stereocenters. The van der Waals surface area contributed by atoms with Crippen molar-refractivity contribution in [1.29, 1.82) is 0 Å². The van der Waals surface area contributed by atoms with Gasteiger partial charge in [0.15, 0.2) is 0 Å². The molecule has 0 aliphatic rings. The van der Waals surface area contributed by atoms with Crippen LogP contribution < -0.4 is 11.1 Å². The highest BCUT2D eigenvalue weighted by molar-refractivity contribution is 5.99. The summed E-state index contributed by atoms with van der Waals surface area (Å²) in [7, 11) is 0. The van der Waals surface area contributed by atoms with Gasteiger partial charge in [-0.05, 0) is 36.6 Å². The number of carbonyl (C=O) groups is 2. The van der Waals surface area contributed by atoms with Crippen molar-refractivity contribution in [2.75, 3.05) is 6.54 Å². The summed E-state index contributed by atoms with van der Waals surface area (Å²) in [6.45, 7) is 1.94. The molecule has 0 radical (unpaired) electrons. The minimum Gasteiger partial charge on any atom is -0.366 e. The number of nitrogens with zero attached hydrogens (tertiary/aromatic N) is 1. The molecule has 0 heterocycles. The lowest BCUT2D eigenvalue weighted by Crippen LogP contribution is -2.27. The molecule has 0 aliphatic carbocycles. The number of primary amides is 1. The van der Waals surface area contributed by atoms with Crippen molar-refractivity contribution in [2.45, 2.75) is 13.3 Å². The van der Waals surface area contributed by atoms with Gasteiger partial charge in [-0.2, -0.15) is 0 Å². The molecule has 0 spiro atoms. The van der Waals surface area contributed by atoms with Crippen molar-refractivity contribution >= 4 is 17.5 Å². The van der Waals surface area contributed by atoms with Crippen LogP contribution >= 0.6 is 0 Å². The van der Waals surface area contributed by atoms with E-state index < -0.39 is 16.7 Å². The van der Waals surface area contributed by atoms with E-state index in [-0.39, 0.29) is 17.8 Å². The van der Waals surface area contributed by atoms with Gasteiger partial charge in [0.2, 0.25) is 5.91 Å². The van der Waals surface area contributed by atoms with Crippen molar-refractivity contribution in [3.63, 3.8) is 0 Å². The van der Waals surface area contributed by atoms with E-state index in [0.29, 0.717) is 17.5 Å². The summed E-state index contributed by atoms with van der Waals surface area (Å²) in [5, 5.41) is 13.7. The lowest BCUT2D eigenvalue weighted by molar-refractivity contribution is -0.385. The van der Waals surface area contributed by atoms with Crippen molar-refractivity contribution in [2.24, 2.45) is 5.73 Å². The fourth-order valence-electron chi connectivity index (χ4n) is 2.39. The first-order valence-corrected chi connectivity index (χ1v) is 7.31. The SMILES string of the molecule is Cc1cccc([N+](=O)[O-])c1C(=O)NCCc1cccc(C(N)=O)c1. The first-order chi connectivity index (χ1) is 11.4. The van der Waals surface area contributed by atoms with E-state index in [1.165, 1.54) is 6.07 Å². The fraction of sp³-hybridized carbons (Fsp3) is 0.176. The molecule has 2 rings (SSSR count). The molecule has 0 aliphatic heterocycles. The maximum absolute atomic E-state index is 12.3. The minimum atomic E-state index is -0.571. The van der Waals surface area contributed by atoms with Gasteiger partial charge in [-0.3, -0.25) is 19.7 Å². The third-order valence-electron chi connectivity index (χ3n) is 3.59. The third kappa shape index (κ3) is 3.95. The number of nitrogens with one attached hydrogen (secondary N) is 1. The molecule has 0 saturated heterocycles. The molecule has 124 valence electrons. The fourth-order valence-corrected chi connectivity index (χ4v) is 2.39. The largest absolute Gasteiger partial charge is 0.366 e. The van der Waals surface area contributed by atoms with Gasteiger partial charge < -0.3 is 11.1 Å². The Kier molecular flexibility index (Phi) is 5.26. The summed E-state index contributed by atoms with van der Waals surface area (Å²) in [6.07, 6.45) is 0.479. The Hall–Kier alpha value is -3.22. The number of rotatable bonds is 6. The Balaban J connectivity index is 2.06. The standard InChI is InChI=1S/C17H17N3O4/c1-11-4-2-7-14(20(23)24)15(11)17(22)19-9-8-12-5-3-6-13(10-12)16(18)21/h2-7,10H,8-9H2,1H3,(H2,18,21)(H,19,22). The molecule has 0 bridgehead atoms. The lowest BCUT2D eigenvalue weighted by atomic mass is 10.1. The van der Waals surface area contributed by atoms with Crippen LogP contribution in [0.15, 0.2) is 42.5 Å². The second kappa shape index (κ2) is 7.36. The minimum absolute atomic E-state index is 0.0633. The maximum Gasteiger partial charge on any atom is 0.282 e. The van der Waals surface area contributed by atoms with Crippen molar-refractivity contribution in [1.82, 2.24) is 5.32 Å². The molecule has 2 amide bonds. The van der Waals surface area contributed by atoms with Gasteiger partial charge in [-0.25, -0.2) is 0 Å². The molecule has 0 fully saturated rings. The Morgan fingerprint density at radius 2 is 1.92 bits per heavy atom. The summed E-state index contributed by atoms with van der Waals surface area (Å²) >= 11 is 0. The van der Waals surface area contributed by atoms with Gasteiger partial charge in [-0.1, -0.05) is 24.3 Å². The Labute approximate surface area is 138 Å². The number of aryl methyl sites for hydroxylation is 1. The van der Waals surface area contributed by atoms with Crippen LogP contribution in [0.2, 0.25) is 0 Å². The summed E-state index contributed by atoms with van der Waals surface area (Å²) in [6, 6.07) is 11.3. The van der Waals surface area contributed by atoms with Gasteiger partial charge in [0, 0.05) is 18.2 Å². The number of nitrogens with two attached hydrogens (primary N) is 1. The Bertz CT molecular complexity index is 802. The highest BCUT2D eigenvalue weighted by Gasteiger charge is 2.21.